The van der Waals surface area contributed by atoms with Gasteiger partial charge in [-0.2, -0.15) is 0 Å². The van der Waals surface area contributed by atoms with E-state index in [1.165, 1.54) is 25.7 Å². The van der Waals surface area contributed by atoms with Crippen molar-refractivity contribution >= 4 is 0 Å². The molecule has 1 N–H and O–H groups in total. The lowest BCUT2D eigenvalue weighted by molar-refractivity contribution is 0.183. The van der Waals surface area contributed by atoms with Crippen LogP contribution in [0.4, 0.5) is 0 Å². The summed E-state index contributed by atoms with van der Waals surface area (Å²) in [5.41, 5.74) is 2.05. The molecule has 0 atom stereocenters. The fraction of sp³-hybridized carbons (Fsp3) is 0.529. The number of rotatable bonds is 2. The van der Waals surface area contributed by atoms with Crippen LogP contribution < -0.4 is 4.74 Å². The van der Waals surface area contributed by atoms with Gasteiger partial charge in [-0.25, -0.2) is 0 Å². The van der Waals surface area contributed by atoms with Gasteiger partial charge < -0.3 is 9.84 Å². The normalized spacial score (nSPS) is 16.3. The molecule has 1 aliphatic rings. The van der Waals surface area contributed by atoms with Crippen LogP contribution in [-0.2, 0) is 0 Å². The highest BCUT2D eigenvalue weighted by Crippen LogP contribution is 2.25. The van der Waals surface area contributed by atoms with Crippen molar-refractivity contribution in [3.63, 3.8) is 0 Å². The third-order valence-electron chi connectivity index (χ3n) is 3.53. The maximum Gasteiger partial charge on any atom is 0.135 e. The van der Waals surface area contributed by atoms with E-state index in [-0.39, 0.29) is 6.61 Å². The Morgan fingerprint density at radius 2 is 1.95 bits per heavy atom. The van der Waals surface area contributed by atoms with Gasteiger partial charge in [-0.15, -0.1) is 0 Å². The zero-order chi connectivity index (χ0) is 13.5. The summed E-state index contributed by atoms with van der Waals surface area (Å²) in [6.45, 7) is 1.93. The van der Waals surface area contributed by atoms with Crippen LogP contribution in [0.25, 0.3) is 0 Å². The summed E-state index contributed by atoms with van der Waals surface area (Å²) in [6, 6.07) is 6.08. The Bertz CT molecular complexity index is 460. The van der Waals surface area contributed by atoms with Gasteiger partial charge in [0.05, 0.1) is 11.7 Å². The topological polar surface area (TPSA) is 29.5 Å². The second-order valence-corrected chi connectivity index (χ2v) is 5.19. The summed E-state index contributed by atoms with van der Waals surface area (Å²) < 4.78 is 6.13. The molecule has 1 aromatic carbocycles. The van der Waals surface area contributed by atoms with Gasteiger partial charge in [-0.3, -0.25) is 0 Å². The predicted octanol–water partition coefficient (Wildman–Crippen LogP) is 3.44. The van der Waals surface area contributed by atoms with E-state index in [1.54, 1.807) is 0 Å². The molecule has 0 amide bonds. The molecule has 0 aromatic heterocycles. The van der Waals surface area contributed by atoms with E-state index in [0.717, 1.165) is 29.7 Å². The quantitative estimate of drug-likeness (QED) is 0.650. The fourth-order valence-electron chi connectivity index (χ4n) is 2.52. The molecule has 1 aromatic rings. The van der Waals surface area contributed by atoms with Gasteiger partial charge in [0.15, 0.2) is 0 Å². The lowest BCUT2D eigenvalue weighted by atomic mass is 10.1. The molecular formula is C17H22O2. The Labute approximate surface area is 115 Å². The van der Waals surface area contributed by atoms with Gasteiger partial charge in [-0.1, -0.05) is 30.7 Å². The largest absolute Gasteiger partial charge is 0.489 e. The first-order valence-electron chi connectivity index (χ1n) is 7.16. The van der Waals surface area contributed by atoms with Crippen molar-refractivity contribution in [3.05, 3.63) is 29.3 Å². The number of aliphatic hydroxyl groups excluding tert-OH is 1. The highest BCUT2D eigenvalue weighted by Gasteiger charge is 2.15. The predicted molar refractivity (Wildman–Crippen MR) is 77.3 cm³/mol. The third kappa shape index (κ3) is 4.29. The minimum Gasteiger partial charge on any atom is -0.489 e. The Morgan fingerprint density at radius 3 is 2.63 bits per heavy atom. The fourth-order valence-corrected chi connectivity index (χ4v) is 2.52. The molecule has 19 heavy (non-hydrogen) atoms. The molecular weight excluding hydrogens is 236 g/mol. The zero-order valence-corrected chi connectivity index (χ0v) is 11.6. The van der Waals surface area contributed by atoms with Crippen molar-refractivity contribution in [2.45, 2.75) is 51.6 Å². The van der Waals surface area contributed by atoms with Crippen molar-refractivity contribution in [1.29, 1.82) is 0 Å². The van der Waals surface area contributed by atoms with Gasteiger partial charge in [0.25, 0.3) is 0 Å². The first kappa shape index (κ1) is 14.0. The summed E-state index contributed by atoms with van der Waals surface area (Å²) in [5, 5.41) is 8.83. The van der Waals surface area contributed by atoms with Crippen molar-refractivity contribution in [1.82, 2.24) is 0 Å². The molecule has 0 saturated heterocycles. The zero-order valence-electron chi connectivity index (χ0n) is 11.6. The highest BCUT2D eigenvalue weighted by molar-refractivity contribution is 5.48. The molecule has 0 spiro atoms. The number of hydrogen-bond acceptors (Lipinski definition) is 2. The highest BCUT2D eigenvalue weighted by atomic mass is 16.5. The number of ether oxygens (including phenoxy) is 1. The minimum atomic E-state index is -0.114. The van der Waals surface area contributed by atoms with E-state index in [1.807, 2.05) is 19.1 Å². The molecule has 0 aliphatic heterocycles. The van der Waals surface area contributed by atoms with Gasteiger partial charge in [0.2, 0.25) is 0 Å². The minimum absolute atomic E-state index is 0.114. The summed E-state index contributed by atoms with van der Waals surface area (Å²) in [5.74, 6) is 6.55. The van der Waals surface area contributed by atoms with Crippen LogP contribution in [0.2, 0.25) is 0 Å². The Hall–Kier alpha value is -1.46. The average molecular weight is 258 g/mol. The molecule has 2 heteroatoms. The van der Waals surface area contributed by atoms with Crippen LogP contribution in [0.5, 0.6) is 5.75 Å². The molecule has 1 aliphatic carbocycles. The first-order valence-corrected chi connectivity index (χ1v) is 7.16. The summed E-state index contributed by atoms with van der Waals surface area (Å²) in [4.78, 5) is 0. The van der Waals surface area contributed by atoms with Crippen molar-refractivity contribution in [2.24, 2.45) is 0 Å². The van der Waals surface area contributed by atoms with E-state index in [0.29, 0.717) is 6.10 Å². The number of aryl methyl sites for hydroxylation is 1. The van der Waals surface area contributed by atoms with Crippen LogP contribution in [-0.4, -0.2) is 17.8 Å². The van der Waals surface area contributed by atoms with Gasteiger partial charge >= 0.3 is 0 Å². The average Bonchev–Trinajstić information content (AvgIpc) is 2.67. The maximum absolute atomic E-state index is 8.83. The van der Waals surface area contributed by atoms with Crippen molar-refractivity contribution in [3.8, 4) is 17.6 Å². The molecule has 1 saturated carbocycles. The molecule has 0 radical (unpaired) electrons. The Kier molecular flexibility index (Phi) is 5.30. The van der Waals surface area contributed by atoms with E-state index >= 15 is 0 Å². The SMILES string of the molecule is Cc1ccc(OC2CCCCCC2)c(C#CCO)c1. The molecule has 0 heterocycles. The Balaban J connectivity index is 2.13. The van der Waals surface area contributed by atoms with Gasteiger partial charge in [0.1, 0.15) is 12.4 Å². The summed E-state index contributed by atoms with van der Waals surface area (Å²) in [6.07, 6.45) is 7.76. The van der Waals surface area contributed by atoms with Crippen LogP contribution in [0.3, 0.4) is 0 Å². The van der Waals surface area contributed by atoms with E-state index in [9.17, 15) is 0 Å². The van der Waals surface area contributed by atoms with E-state index < -0.39 is 0 Å². The number of hydrogen-bond donors (Lipinski definition) is 1. The number of benzene rings is 1. The monoisotopic (exact) mass is 258 g/mol. The van der Waals surface area contributed by atoms with E-state index in [2.05, 4.69) is 17.9 Å². The standard InChI is InChI=1S/C17H22O2/c1-14-10-11-17(15(13-14)7-6-12-18)19-16-8-4-2-3-5-9-16/h10-11,13,16,18H,2-5,8-9,12H2,1H3. The molecule has 2 rings (SSSR count). The molecule has 2 nitrogen and oxygen atoms in total. The van der Waals surface area contributed by atoms with Crippen LogP contribution >= 0.6 is 0 Å². The van der Waals surface area contributed by atoms with E-state index in [4.69, 9.17) is 9.84 Å². The van der Waals surface area contributed by atoms with Crippen LogP contribution in [0, 0.1) is 18.8 Å². The molecule has 102 valence electrons. The van der Waals surface area contributed by atoms with Gasteiger partial charge in [0, 0.05) is 0 Å². The second-order valence-electron chi connectivity index (χ2n) is 5.19. The Morgan fingerprint density at radius 1 is 1.21 bits per heavy atom. The van der Waals surface area contributed by atoms with Gasteiger partial charge in [-0.05, 0) is 50.3 Å². The van der Waals surface area contributed by atoms with Crippen molar-refractivity contribution < 1.29 is 9.84 Å². The smallest absolute Gasteiger partial charge is 0.135 e. The molecule has 0 bridgehead atoms. The van der Waals surface area contributed by atoms with Crippen LogP contribution in [0.15, 0.2) is 18.2 Å². The lowest BCUT2D eigenvalue weighted by Gasteiger charge is -2.18. The molecule has 0 unspecified atom stereocenters. The van der Waals surface area contributed by atoms with Crippen LogP contribution in [0.1, 0.15) is 49.7 Å². The maximum atomic E-state index is 8.83. The number of aliphatic hydroxyl groups is 1. The summed E-state index contributed by atoms with van der Waals surface area (Å²) in [7, 11) is 0. The summed E-state index contributed by atoms with van der Waals surface area (Å²) >= 11 is 0. The second kappa shape index (κ2) is 7.21. The van der Waals surface area contributed by atoms with Crippen molar-refractivity contribution in [2.75, 3.05) is 6.61 Å². The molecule has 1 fully saturated rings. The first-order chi connectivity index (χ1) is 9.29. The lowest BCUT2D eigenvalue weighted by Crippen LogP contribution is -2.15. The third-order valence-corrected chi connectivity index (χ3v) is 3.53.